The van der Waals surface area contributed by atoms with Crippen LogP contribution in [0.3, 0.4) is 0 Å². The molecule has 3 nitrogen and oxygen atoms in total. The van der Waals surface area contributed by atoms with Crippen LogP contribution in [0, 0.1) is 5.92 Å². The summed E-state index contributed by atoms with van der Waals surface area (Å²) in [6.07, 6.45) is 8.37. The molecular weight excluding hydrogens is 246 g/mol. The SMILES string of the molecule is CCCC1CCC(NCC)C(N2CCC(N(C)C)C2)C1. The Kier molecular flexibility index (Phi) is 6.31. The maximum Gasteiger partial charge on any atom is 0.0252 e. The van der Waals surface area contributed by atoms with Gasteiger partial charge in [-0.05, 0) is 52.2 Å². The van der Waals surface area contributed by atoms with Crippen molar-refractivity contribution in [3.63, 3.8) is 0 Å². The Morgan fingerprint density at radius 2 is 1.95 bits per heavy atom. The molecule has 1 saturated carbocycles. The predicted molar refractivity (Wildman–Crippen MR) is 87.2 cm³/mol. The zero-order chi connectivity index (χ0) is 14.5. The molecule has 1 aliphatic carbocycles. The number of hydrogen-bond donors (Lipinski definition) is 1. The van der Waals surface area contributed by atoms with Crippen molar-refractivity contribution in [1.29, 1.82) is 0 Å². The van der Waals surface area contributed by atoms with E-state index in [0.29, 0.717) is 0 Å². The first kappa shape index (κ1) is 16.3. The van der Waals surface area contributed by atoms with E-state index in [0.717, 1.165) is 30.6 Å². The van der Waals surface area contributed by atoms with Crippen molar-refractivity contribution in [2.45, 2.75) is 70.5 Å². The summed E-state index contributed by atoms with van der Waals surface area (Å²) in [7, 11) is 4.47. The molecular formula is C17H35N3. The average molecular weight is 281 g/mol. The van der Waals surface area contributed by atoms with Crippen LogP contribution in [0.25, 0.3) is 0 Å². The third kappa shape index (κ3) is 3.96. The standard InChI is InChI=1S/C17H35N3/c1-5-7-14-8-9-16(18-6-2)17(12-14)20-11-10-15(13-20)19(3)4/h14-18H,5-13H2,1-4H3. The highest BCUT2D eigenvalue weighted by molar-refractivity contribution is 4.95. The Balaban J connectivity index is 1.96. The lowest BCUT2D eigenvalue weighted by molar-refractivity contribution is 0.109. The van der Waals surface area contributed by atoms with Crippen molar-refractivity contribution in [3.8, 4) is 0 Å². The van der Waals surface area contributed by atoms with E-state index in [1.54, 1.807) is 0 Å². The Bertz CT molecular complexity index is 279. The number of likely N-dealkylation sites (tertiary alicyclic amines) is 1. The molecule has 0 spiro atoms. The summed E-state index contributed by atoms with van der Waals surface area (Å²) in [5, 5.41) is 3.76. The maximum atomic E-state index is 3.76. The van der Waals surface area contributed by atoms with Crippen molar-refractivity contribution in [1.82, 2.24) is 15.1 Å². The Hall–Kier alpha value is -0.120. The molecule has 20 heavy (non-hydrogen) atoms. The molecule has 2 aliphatic rings. The molecule has 4 unspecified atom stereocenters. The minimum Gasteiger partial charge on any atom is -0.313 e. The molecule has 0 aromatic heterocycles. The lowest BCUT2D eigenvalue weighted by Crippen LogP contribution is -2.53. The van der Waals surface area contributed by atoms with Gasteiger partial charge < -0.3 is 10.2 Å². The van der Waals surface area contributed by atoms with Crippen molar-refractivity contribution >= 4 is 0 Å². The van der Waals surface area contributed by atoms with Gasteiger partial charge in [-0.15, -0.1) is 0 Å². The summed E-state index contributed by atoms with van der Waals surface area (Å²) in [6.45, 7) is 8.28. The van der Waals surface area contributed by atoms with E-state index in [2.05, 4.69) is 43.1 Å². The molecule has 0 aromatic rings. The maximum absolute atomic E-state index is 3.76. The highest BCUT2D eigenvalue weighted by Crippen LogP contribution is 2.33. The molecule has 0 radical (unpaired) electrons. The summed E-state index contributed by atoms with van der Waals surface area (Å²) in [6, 6.07) is 2.28. The number of likely N-dealkylation sites (N-methyl/N-ethyl adjacent to an activating group) is 2. The zero-order valence-electron chi connectivity index (χ0n) is 14.1. The van der Waals surface area contributed by atoms with Crippen LogP contribution in [0.4, 0.5) is 0 Å². The molecule has 0 aromatic carbocycles. The van der Waals surface area contributed by atoms with Gasteiger partial charge in [-0.2, -0.15) is 0 Å². The smallest absolute Gasteiger partial charge is 0.0252 e. The molecule has 3 heteroatoms. The topological polar surface area (TPSA) is 18.5 Å². The first-order valence-electron chi connectivity index (χ1n) is 8.79. The second-order valence-electron chi connectivity index (χ2n) is 7.10. The van der Waals surface area contributed by atoms with Gasteiger partial charge in [-0.25, -0.2) is 0 Å². The summed E-state index contributed by atoms with van der Waals surface area (Å²) in [4.78, 5) is 5.20. The van der Waals surface area contributed by atoms with Gasteiger partial charge in [-0.3, -0.25) is 4.90 Å². The van der Waals surface area contributed by atoms with Crippen LogP contribution >= 0.6 is 0 Å². The van der Waals surface area contributed by atoms with Gasteiger partial charge in [-0.1, -0.05) is 26.7 Å². The van der Waals surface area contributed by atoms with Crippen LogP contribution in [0.5, 0.6) is 0 Å². The minimum absolute atomic E-state index is 0.731. The second kappa shape index (κ2) is 7.77. The first-order valence-corrected chi connectivity index (χ1v) is 8.79. The third-order valence-corrected chi connectivity index (χ3v) is 5.48. The lowest BCUT2D eigenvalue weighted by Gasteiger charge is -2.42. The summed E-state index contributed by atoms with van der Waals surface area (Å²) < 4.78 is 0. The van der Waals surface area contributed by atoms with Gasteiger partial charge in [0.2, 0.25) is 0 Å². The van der Waals surface area contributed by atoms with Crippen molar-refractivity contribution in [2.24, 2.45) is 5.92 Å². The van der Waals surface area contributed by atoms with Crippen molar-refractivity contribution in [3.05, 3.63) is 0 Å². The molecule has 2 fully saturated rings. The average Bonchev–Trinajstić information content (AvgIpc) is 2.91. The molecule has 0 amide bonds. The van der Waals surface area contributed by atoms with Crippen molar-refractivity contribution in [2.75, 3.05) is 33.7 Å². The summed E-state index contributed by atoms with van der Waals surface area (Å²) in [5.41, 5.74) is 0. The number of nitrogens with zero attached hydrogens (tertiary/aromatic N) is 2. The molecule has 0 bridgehead atoms. The highest BCUT2D eigenvalue weighted by Gasteiger charge is 2.37. The zero-order valence-corrected chi connectivity index (χ0v) is 14.1. The summed E-state index contributed by atoms with van der Waals surface area (Å²) >= 11 is 0. The van der Waals surface area contributed by atoms with Gasteiger partial charge in [0.15, 0.2) is 0 Å². The van der Waals surface area contributed by atoms with E-state index < -0.39 is 0 Å². The Morgan fingerprint density at radius 3 is 2.55 bits per heavy atom. The van der Waals surface area contributed by atoms with E-state index in [4.69, 9.17) is 0 Å². The largest absolute Gasteiger partial charge is 0.313 e. The Labute approximate surface area is 126 Å². The van der Waals surface area contributed by atoms with Gasteiger partial charge in [0.1, 0.15) is 0 Å². The highest BCUT2D eigenvalue weighted by atomic mass is 15.3. The molecule has 1 heterocycles. The first-order chi connectivity index (χ1) is 9.65. The quantitative estimate of drug-likeness (QED) is 0.807. The van der Waals surface area contributed by atoms with Crippen LogP contribution in [-0.2, 0) is 0 Å². The number of hydrogen-bond acceptors (Lipinski definition) is 3. The Morgan fingerprint density at radius 1 is 1.15 bits per heavy atom. The minimum atomic E-state index is 0.731. The van der Waals surface area contributed by atoms with E-state index >= 15 is 0 Å². The number of nitrogens with one attached hydrogen (secondary N) is 1. The van der Waals surface area contributed by atoms with E-state index in [1.807, 2.05) is 0 Å². The fourth-order valence-electron chi connectivity index (χ4n) is 4.30. The number of rotatable bonds is 6. The van der Waals surface area contributed by atoms with Crippen LogP contribution in [-0.4, -0.2) is 61.7 Å². The predicted octanol–water partition coefficient (Wildman–Crippen LogP) is 2.57. The van der Waals surface area contributed by atoms with Gasteiger partial charge in [0.25, 0.3) is 0 Å². The fourth-order valence-corrected chi connectivity index (χ4v) is 4.30. The van der Waals surface area contributed by atoms with Crippen LogP contribution < -0.4 is 5.32 Å². The molecule has 2 rings (SSSR count). The van der Waals surface area contributed by atoms with Crippen LogP contribution in [0.1, 0.15) is 52.4 Å². The summed E-state index contributed by atoms with van der Waals surface area (Å²) in [5.74, 6) is 0.971. The van der Waals surface area contributed by atoms with E-state index in [9.17, 15) is 0 Å². The van der Waals surface area contributed by atoms with E-state index in [-0.39, 0.29) is 0 Å². The normalized spacial score (nSPS) is 35.9. The van der Waals surface area contributed by atoms with E-state index in [1.165, 1.54) is 51.6 Å². The van der Waals surface area contributed by atoms with Crippen LogP contribution in [0.15, 0.2) is 0 Å². The van der Waals surface area contributed by atoms with Crippen LogP contribution in [0.2, 0.25) is 0 Å². The van der Waals surface area contributed by atoms with Gasteiger partial charge in [0, 0.05) is 31.2 Å². The molecule has 1 saturated heterocycles. The van der Waals surface area contributed by atoms with Gasteiger partial charge in [0.05, 0.1) is 0 Å². The molecule has 4 atom stereocenters. The fraction of sp³-hybridized carbons (Fsp3) is 1.00. The lowest BCUT2D eigenvalue weighted by atomic mass is 9.79. The monoisotopic (exact) mass is 281 g/mol. The molecule has 1 N–H and O–H groups in total. The third-order valence-electron chi connectivity index (χ3n) is 5.48. The van der Waals surface area contributed by atoms with Crippen molar-refractivity contribution < 1.29 is 0 Å². The second-order valence-corrected chi connectivity index (χ2v) is 7.10. The molecule has 1 aliphatic heterocycles. The van der Waals surface area contributed by atoms with Gasteiger partial charge >= 0.3 is 0 Å². The molecule has 118 valence electrons.